The molecule has 2 unspecified atom stereocenters. The van der Waals surface area contributed by atoms with Crippen LogP contribution >= 0.6 is 23.2 Å². The van der Waals surface area contributed by atoms with E-state index in [4.69, 9.17) is 37.4 Å². The molecule has 1 fully saturated rings. The SMILES string of the molecule is COc1cc(C(=O)NCC(O)(c2cc3c(c(-c4ccc(F)c(Cl)c4)n2)OCC3(C)NCCCl)C(F)(F)F)ccc1OC1CC1. The molecular formula is C30H29Cl2F4N3O5. The summed E-state index contributed by atoms with van der Waals surface area (Å²) in [7, 11) is 1.38. The van der Waals surface area contributed by atoms with Crippen LogP contribution in [0.3, 0.4) is 0 Å². The molecule has 0 saturated heterocycles. The Bertz CT molecular complexity index is 1570. The van der Waals surface area contributed by atoms with Crippen molar-refractivity contribution in [2.24, 2.45) is 0 Å². The van der Waals surface area contributed by atoms with E-state index in [0.29, 0.717) is 12.3 Å². The first-order valence-electron chi connectivity index (χ1n) is 13.7. The third-order valence-electron chi connectivity index (χ3n) is 7.52. The first-order chi connectivity index (χ1) is 20.8. The van der Waals surface area contributed by atoms with Crippen LogP contribution in [-0.2, 0) is 11.1 Å². The number of alkyl halides is 4. The Balaban J connectivity index is 1.53. The number of nitrogens with one attached hydrogen (secondary N) is 2. The van der Waals surface area contributed by atoms with E-state index in [2.05, 4.69) is 15.6 Å². The molecule has 0 radical (unpaired) electrons. The number of ether oxygens (including phenoxy) is 3. The molecule has 2 heterocycles. The number of carbonyl (C=O) groups is 1. The van der Waals surface area contributed by atoms with Gasteiger partial charge in [0.15, 0.2) is 17.2 Å². The van der Waals surface area contributed by atoms with Crippen molar-refractivity contribution in [3.63, 3.8) is 0 Å². The summed E-state index contributed by atoms with van der Waals surface area (Å²) in [5.74, 6) is -0.650. The summed E-state index contributed by atoms with van der Waals surface area (Å²) < 4.78 is 75.1. The smallest absolute Gasteiger partial charge is 0.424 e. The number of carbonyl (C=O) groups excluding carboxylic acids is 1. The van der Waals surface area contributed by atoms with Gasteiger partial charge in [-0.1, -0.05) is 11.6 Å². The molecule has 236 valence electrons. The van der Waals surface area contributed by atoms with Gasteiger partial charge in [-0.05, 0) is 62.2 Å². The molecule has 2 atom stereocenters. The van der Waals surface area contributed by atoms with Crippen LogP contribution in [0.25, 0.3) is 11.3 Å². The fraction of sp³-hybridized carbons (Fsp3) is 0.400. The van der Waals surface area contributed by atoms with E-state index in [1.165, 1.54) is 37.4 Å². The Morgan fingerprint density at radius 3 is 2.57 bits per heavy atom. The number of aromatic nitrogens is 1. The number of halogens is 6. The number of methoxy groups -OCH3 is 1. The zero-order valence-electron chi connectivity index (χ0n) is 23.7. The second kappa shape index (κ2) is 12.2. The molecule has 5 rings (SSSR count). The summed E-state index contributed by atoms with van der Waals surface area (Å²) in [6.07, 6.45) is -3.46. The molecule has 1 aromatic heterocycles. The highest BCUT2D eigenvalue weighted by Crippen LogP contribution is 2.47. The second-order valence-corrected chi connectivity index (χ2v) is 11.6. The fourth-order valence-electron chi connectivity index (χ4n) is 4.82. The van der Waals surface area contributed by atoms with Gasteiger partial charge in [-0.3, -0.25) is 4.79 Å². The van der Waals surface area contributed by atoms with Gasteiger partial charge in [-0.25, -0.2) is 9.37 Å². The van der Waals surface area contributed by atoms with Gasteiger partial charge in [0.25, 0.3) is 5.91 Å². The molecule has 0 bridgehead atoms. The minimum atomic E-state index is -5.29. The molecule has 44 heavy (non-hydrogen) atoms. The van der Waals surface area contributed by atoms with Crippen molar-refractivity contribution in [3.8, 4) is 28.5 Å². The maximum atomic E-state index is 14.7. The van der Waals surface area contributed by atoms with E-state index < -0.39 is 41.3 Å². The van der Waals surface area contributed by atoms with E-state index in [-0.39, 0.29) is 57.5 Å². The lowest BCUT2D eigenvalue weighted by Gasteiger charge is -2.32. The molecule has 1 aliphatic heterocycles. The van der Waals surface area contributed by atoms with Gasteiger partial charge in [0, 0.05) is 29.1 Å². The largest absolute Gasteiger partial charge is 0.493 e. The van der Waals surface area contributed by atoms with Crippen LogP contribution in [0.2, 0.25) is 5.02 Å². The Morgan fingerprint density at radius 1 is 1.18 bits per heavy atom. The molecular weight excluding hydrogens is 629 g/mol. The molecule has 2 aromatic carbocycles. The van der Waals surface area contributed by atoms with Crippen molar-refractivity contribution >= 4 is 29.1 Å². The number of fused-ring (bicyclic) bond motifs is 1. The van der Waals surface area contributed by atoms with Crippen LogP contribution in [0.15, 0.2) is 42.5 Å². The molecule has 1 saturated carbocycles. The third kappa shape index (κ3) is 6.26. The number of pyridine rings is 1. The van der Waals surface area contributed by atoms with Gasteiger partial charge in [-0.2, -0.15) is 13.2 Å². The highest BCUT2D eigenvalue weighted by atomic mass is 35.5. The topological polar surface area (TPSA) is 102 Å². The lowest BCUT2D eigenvalue weighted by molar-refractivity contribution is -0.265. The molecule has 1 amide bonds. The maximum Gasteiger partial charge on any atom is 0.424 e. The van der Waals surface area contributed by atoms with Crippen LogP contribution in [0.1, 0.15) is 41.4 Å². The molecule has 14 heteroatoms. The fourth-order valence-corrected chi connectivity index (χ4v) is 5.10. The molecule has 1 aliphatic carbocycles. The van der Waals surface area contributed by atoms with E-state index in [1.54, 1.807) is 6.92 Å². The summed E-state index contributed by atoms with van der Waals surface area (Å²) in [6.45, 7) is 0.731. The first-order valence-corrected chi connectivity index (χ1v) is 14.6. The van der Waals surface area contributed by atoms with Crippen molar-refractivity contribution in [1.82, 2.24) is 15.6 Å². The summed E-state index contributed by atoms with van der Waals surface area (Å²) >= 11 is 11.8. The van der Waals surface area contributed by atoms with Crippen molar-refractivity contribution in [2.75, 3.05) is 32.7 Å². The molecule has 8 nitrogen and oxygen atoms in total. The van der Waals surface area contributed by atoms with Gasteiger partial charge in [0.05, 0.1) is 36.0 Å². The van der Waals surface area contributed by atoms with E-state index >= 15 is 0 Å². The van der Waals surface area contributed by atoms with E-state index in [9.17, 15) is 27.5 Å². The second-order valence-electron chi connectivity index (χ2n) is 10.8. The predicted octanol–water partition coefficient (Wildman–Crippen LogP) is 5.71. The molecule has 3 N–H and O–H groups in total. The van der Waals surface area contributed by atoms with E-state index in [0.717, 1.165) is 25.0 Å². The minimum Gasteiger partial charge on any atom is -0.493 e. The van der Waals surface area contributed by atoms with Crippen molar-refractivity contribution in [3.05, 3.63) is 70.1 Å². The molecule has 2 aliphatic rings. The van der Waals surface area contributed by atoms with Gasteiger partial charge < -0.3 is 30.0 Å². The van der Waals surface area contributed by atoms with Crippen LogP contribution in [0, 0.1) is 5.82 Å². The monoisotopic (exact) mass is 657 g/mol. The summed E-state index contributed by atoms with van der Waals surface area (Å²) in [5.41, 5.74) is -5.17. The highest BCUT2D eigenvalue weighted by Gasteiger charge is 2.57. The zero-order valence-corrected chi connectivity index (χ0v) is 25.2. The first kappa shape index (κ1) is 32.1. The summed E-state index contributed by atoms with van der Waals surface area (Å²) in [6, 6.07) is 8.85. The van der Waals surface area contributed by atoms with Crippen LogP contribution in [0.4, 0.5) is 17.6 Å². The number of benzene rings is 2. The zero-order chi connectivity index (χ0) is 31.9. The average molecular weight is 658 g/mol. The quantitative estimate of drug-likeness (QED) is 0.179. The summed E-state index contributed by atoms with van der Waals surface area (Å²) in [5, 5.41) is 16.4. The van der Waals surface area contributed by atoms with Gasteiger partial charge in [0.1, 0.15) is 18.1 Å². The van der Waals surface area contributed by atoms with Crippen LogP contribution in [-0.4, -0.2) is 61.0 Å². The summed E-state index contributed by atoms with van der Waals surface area (Å²) in [4.78, 5) is 17.2. The number of hydrogen-bond acceptors (Lipinski definition) is 7. The Hall–Kier alpha value is -3.32. The predicted molar refractivity (Wildman–Crippen MR) is 155 cm³/mol. The normalized spacial score (nSPS) is 19.1. The standard InChI is InChI=1S/C30H29Cl2F4N3O5/c1-28(38-10-9-31)15-43-26-19(28)13-24(39-25(26)16-3-7-21(33)20(32)11-16)29(41,30(34,35)36)14-37-27(40)17-4-8-22(23(12-17)42-2)44-18-5-6-18/h3-4,7-8,11-13,18,38,41H,5-6,9-10,14-15H2,1-2H3,(H,37,40). The van der Waals surface area contributed by atoms with Crippen molar-refractivity contribution in [2.45, 2.75) is 43.2 Å². The Morgan fingerprint density at radius 2 is 1.93 bits per heavy atom. The van der Waals surface area contributed by atoms with Crippen molar-refractivity contribution < 1.29 is 41.7 Å². The number of rotatable bonds is 11. The lowest BCUT2D eigenvalue weighted by Crippen LogP contribution is -2.52. The van der Waals surface area contributed by atoms with Gasteiger partial charge in [-0.15, -0.1) is 11.6 Å². The molecule has 3 aromatic rings. The van der Waals surface area contributed by atoms with E-state index in [1.807, 2.05) is 0 Å². The Labute approximate surface area is 260 Å². The number of nitrogens with zero attached hydrogens (tertiary/aromatic N) is 1. The van der Waals surface area contributed by atoms with Crippen molar-refractivity contribution in [1.29, 1.82) is 0 Å². The van der Waals surface area contributed by atoms with Crippen LogP contribution < -0.4 is 24.8 Å². The number of aliphatic hydroxyl groups is 1. The third-order valence-corrected chi connectivity index (χ3v) is 8.00. The number of amides is 1. The van der Waals surface area contributed by atoms with Gasteiger partial charge in [0.2, 0.25) is 5.60 Å². The Kier molecular flexibility index (Phi) is 8.92. The average Bonchev–Trinajstić information content (AvgIpc) is 3.75. The van der Waals surface area contributed by atoms with Gasteiger partial charge >= 0.3 is 6.18 Å². The minimum absolute atomic E-state index is 0.00968. The lowest BCUT2D eigenvalue weighted by atomic mass is 9.88. The number of hydrogen-bond donors (Lipinski definition) is 3. The maximum absolute atomic E-state index is 14.7. The van der Waals surface area contributed by atoms with Crippen LogP contribution in [0.5, 0.6) is 17.2 Å². The molecule has 0 spiro atoms. The highest BCUT2D eigenvalue weighted by molar-refractivity contribution is 6.31.